The molecule has 3 heteroatoms. The first-order valence-corrected chi connectivity index (χ1v) is 10.0. The van der Waals surface area contributed by atoms with Crippen molar-refractivity contribution in [1.82, 2.24) is 0 Å². The quantitative estimate of drug-likeness (QED) is 0.379. The molecule has 0 saturated heterocycles. The first kappa shape index (κ1) is 20.5. The Morgan fingerprint density at radius 1 is 1.20 bits per heavy atom. The number of alkyl halides is 1. The monoisotopic (exact) mass is 364 g/mol. The lowest BCUT2D eigenvalue weighted by molar-refractivity contribution is 0.155. The van der Waals surface area contributed by atoms with Gasteiger partial charge in [-0.25, -0.2) is 0 Å². The summed E-state index contributed by atoms with van der Waals surface area (Å²) in [4.78, 5) is 0. The van der Waals surface area contributed by atoms with Crippen molar-refractivity contribution in [3.63, 3.8) is 0 Å². The van der Waals surface area contributed by atoms with Gasteiger partial charge in [0.05, 0.1) is 12.7 Å². The summed E-state index contributed by atoms with van der Waals surface area (Å²) in [5.41, 5.74) is 2.02. The van der Waals surface area contributed by atoms with Gasteiger partial charge in [0.15, 0.2) is 0 Å². The van der Waals surface area contributed by atoms with E-state index in [1.807, 2.05) is 13.8 Å². The molecule has 1 fully saturated rings. The van der Waals surface area contributed by atoms with Gasteiger partial charge in [-0.2, -0.15) is 0 Å². The van der Waals surface area contributed by atoms with Gasteiger partial charge in [-0.3, -0.25) is 0 Å². The highest BCUT2D eigenvalue weighted by atomic mass is 35.5. The number of unbranched alkanes of at least 4 members (excludes halogenated alkanes) is 2. The van der Waals surface area contributed by atoms with E-state index in [0.717, 1.165) is 24.0 Å². The summed E-state index contributed by atoms with van der Waals surface area (Å²) in [5, 5.41) is 20.1. The number of rotatable bonds is 8. The number of halogens is 1. The topological polar surface area (TPSA) is 40.5 Å². The van der Waals surface area contributed by atoms with E-state index in [1.54, 1.807) is 0 Å². The first-order valence-electron chi connectivity index (χ1n) is 9.59. The molecular weight excluding hydrogens is 332 g/mol. The average molecular weight is 365 g/mol. The Morgan fingerprint density at radius 2 is 1.88 bits per heavy atom. The Balaban J connectivity index is 2.12. The molecular formula is C22H33ClO2. The van der Waals surface area contributed by atoms with Gasteiger partial charge in [0.25, 0.3) is 0 Å². The molecule has 1 saturated carbocycles. The van der Waals surface area contributed by atoms with Gasteiger partial charge in [-0.15, -0.1) is 11.6 Å². The Bertz CT molecular complexity index is 550. The smallest absolute Gasteiger partial charge is 0.0626 e. The fourth-order valence-electron chi connectivity index (χ4n) is 3.77. The van der Waals surface area contributed by atoms with Gasteiger partial charge in [0, 0.05) is 16.7 Å². The lowest BCUT2D eigenvalue weighted by Gasteiger charge is -2.26. The lowest BCUT2D eigenvalue weighted by Crippen LogP contribution is -2.22. The number of hydrogen-bond acceptors (Lipinski definition) is 2. The Morgan fingerprint density at radius 3 is 2.48 bits per heavy atom. The van der Waals surface area contributed by atoms with E-state index < -0.39 is 0 Å². The molecule has 2 N–H and O–H groups in total. The van der Waals surface area contributed by atoms with Gasteiger partial charge in [0.1, 0.15) is 0 Å². The van der Waals surface area contributed by atoms with Gasteiger partial charge in [0.2, 0.25) is 0 Å². The number of hydrogen-bond donors (Lipinski definition) is 2. The third kappa shape index (κ3) is 5.09. The van der Waals surface area contributed by atoms with Crippen LogP contribution in [0.3, 0.4) is 0 Å². The van der Waals surface area contributed by atoms with Crippen molar-refractivity contribution < 1.29 is 10.2 Å². The van der Waals surface area contributed by atoms with Crippen LogP contribution < -0.4 is 0 Å². The van der Waals surface area contributed by atoms with Crippen molar-refractivity contribution in [2.24, 2.45) is 5.92 Å². The molecule has 2 nitrogen and oxygen atoms in total. The number of aliphatic hydroxyl groups is 2. The van der Waals surface area contributed by atoms with Crippen LogP contribution in [0.5, 0.6) is 0 Å². The molecule has 0 unspecified atom stereocenters. The number of allylic oxidation sites excluding steroid dienone is 2. The van der Waals surface area contributed by atoms with E-state index in [9.17, 15) is 10.2 Å². The van der Waals surface area contributed by atoms with E-state index in [2.05, 4.69) is 43.3 Å². The summed E-state index contributed by atoms with van der Waals surface area (Å²) >= 11 is 6.56. The highest BCUT2D eigenvalue weighted by molar-refractivity contribution is 6.21. The molecule has 0 heterocycles. The molecule has 0 spiro atoms. The maximum atomic E-state index is 10.6. The van der Waals surface area contributed by atoms with Crippen molar-refractivity contribution in [3.8, 4) is 0 Å². The maximum Gasteiger partial charge on any atom is 0.0626 e. The molecule has 0 aliphatic heterocycles. The van der Waals surface area contributed by atoms with Crippen molar-refractivity contribution in [2.75, 3.05) is 6.61 Å². The van der Waals surface area contributed by atoms with E-state index in [-0.39, 0.29) is 35.3 Å². The van der Waals surface area contributed by atoms with Crippen LogP contribution in [0.25, 0.3) is 0 Å². The fraction of sp³-hybridized carbons (Fsp3) is 0.636. The van der Waals surface area contributed by atoms with Crippen LogP contribution >= 0.6 is 11.6 Å². The predicted octanol–water partition coefficient (Wildman–Crippen LogP) is 5.16. The van der Waals surface area contributed by atoms with Crippen molar-refractivity contribution in [2.45, 2.75) is 75.7 Å². The largest absolute Gasteiger partial charge is 0.395 e. The zero-order chi connectivity index (χ0) is 18.4. The van der Waals surface area contributed by atoms with Crippen molar-refractivity contribution >= 4 is 11.6 Å². The lowest BCUT2D eigenvalue weighted by atomic mass is 9.81. The molecule has 1 aromatic carbocycles. The molecule has 25 heavy (non-hydrogen) atoms. The average Bonchev–Trinajstić information content (AvgIpc) is 2.88. The highest BCUT2D eigenvalue weighted by Gasteiger charge is 2.41. The minimum Gasteiger partial charge on any atom is -0.395 e. The van der Waals surface area contributed by atoms with Crippen LogP contribution in [0.2, 0.25) is 0 Å². The van der Waals surface area contributed by atoms with Crippen LogP contribution in [0, 0.1) is 5.92 Å². The first-order chi connectivity index (χ1) is 11.9. The molecule has 1 aliphatic carbocycles. The summed E-state index contributed by atoms with van der Waals surface area (Å²) in [6.07, 6.45) is 9.24. The molecule has 1 aliphatic rings. The van der Waals surface area contributed by atoms with Crippen LogP contribution in [-0.2, 0) is 5.41 Å². The maximum absolute atomic E-state index is 10.6. The van der Waals surface area contributed by atoms with E-state index in [4.69, 9.17) is 11.6 Å². The summed E-state index contributed by atoms with van der Waals surface area (Å²) in [7, 11) is 0. The number of aliphatic hydroxyl groups excluding tert-OH is 2. The minimum absolute atomic E-state index is 0.0179. The third-order valence-electron chi connectivity index (χ3n) is 5.58. The molecule has 4 atom stereocenters. The molecule has 1 aromatic rings. The molecule has 0 bridgehead atoms. The predicted molar refractivity (Wildman–Crippen MR) is 106 cm³/mol. The third-order valence-corrected chi connectivity index (χ3v) is 6.08. The number of benzene rings is 1. The molecule has 2 rings (SSSR count). The van der Waals surface area contributed by atoms with Gasteiger partial charge < -0.3 is 10.2 Å². The van der Waals surface area contributed by atoms with Crippen LogP contribution in [-0.4, -0.2) is 28.3 Å². The SMILES string of the molecule is CCCC/C=C\C[C@@H]1[C@@H](c2ccc(C(C)(C)CO)cc2)[C@H](O)C[C@H]1Cl. The second kappa shape index (κ2) is 9.21. The molecule has 0 radical (unpaired) electrons. The van der Waals surface area contributed by atoms with Crippen LogP contribution in [0.4, 0.5) is 0 Å². The second-order valence-electron chi connectivity index (χ2n) is 8.02. The zero-order valence-electron chi connectivity index (χ0n) is 15.8. The summed E-state index contributed by atoms with van der Waals surface area (Å²) < 4.78 is 0. The Kier molecular flexibility index (Phi) is 7.54. The molecule has 0 aromatic heterocycles. The van der Waals surface area contributed by atoms with Gasteiger partial charge in [-0.05, 0) is 36.3 Å². The minimum atomic E-state index is -0.381. The van der Waals surface area contributed by atoms with E-state index in [0.29, 0.717) is 6.42 Å². The van der Waals surface area contributed by atoms with Crippen molar-refractivity contribution in [1.29, 1.82) is 0 Å². The fourth-order valence-corrected chi connectivity index (χ4v) is 4.21. The normalized spacial score (nSPS) is 27.3. The molecule has 140 valence electrons. The summed E-state index contributed by atoms with van der Waals surface area (Å²) in [5.74, 6) is 0.357. The Hall–Kier alpha value is -0.830. The second-order valence-corrected chi connectivity index (χ2v) is 8.58. The highest BCUT2D eigenvalue weighted by Crippen LogP contribution is 2.45. The van der Waals surface area contributed by atoms with E-state index >= 15 is 0 Å². The standard InChI is InChI=1S/C22H33ClO2/c1-4-5-6-7-8-9-18-19(23)14-20(25)21(18)16-10-12-17(13-11-16)22(2,3)15-24/h7-8,10-13,18-21,24-25H,4-6,9,14-15H2,1-3H3/b8-7-/t18-,19+,20+,21+/m0/s1. The van der Waals surface area contributed by atoms with E-state index in [1.165, 1.54) is 12.8 Å². The molecule has 0 amide bonds. The van der Waals surface area contributed by atoms with Gasteiger partial charge in [-0.1, -0.05) is 70.0 Å². The van der Waals surface area contributed by atoms with Crippen LogP contribution in [0.15, 0.2) is 36.4 Å². The van der Waals surface area contributed by atoms with Gasteiger partial charge >= 0.3 is 0 Å². The summed E-state index contributed by atoms with van der Waals surface area (Å²) in [6.45, 7) is 6.39. The van der Waals surface area contributed by atoms with Crippen molar-refractivity contribution in [3.05, 3.63) is 47.5 Å². The van der Waals surface area contributed by atoms with Crippen LogP contribution in [0.1, 0.15) is 69.9 Å². The zero-order valence-corrected chi connectivity index (χ0v) is 16.5. The summed E-state index contributed by atoms with van der Waals surface area (Å²) in [6, 6.07) is 8.36. The Labute approximate surface area is 157 Å².